The molecule has 2 aromatic carbocycles. The number of hydrogen-bond acceptors (Lipinski definition) is 7. The minimum Gasteiger partial charge on any atom is -0.463 e. The molecule has 0 aliphatic carbocycles. The highest BCUT2D eigenvalue weighted by Crippen LogP contribution is 2.56. The molecule has 11 heteroatoms. The van der Waals surface area contributed by atoms with Crippen LogP contribution in [-0.2, 0) is 28.7 Å². The molecule has 0 radical (unpaired) electrons. The number of ether oxygens (including phenoxy) is 2. The lowest BCUT2D eigenvalue weighted by Crippen LogP contribution is -2.58. The van der Waals surface area contributed by atoms with Crippen LogP contribution in [0.2, 0.25) is 5.02 Å². The molecule has 2 N–H and O–H groups in total. The van der Waals surface area contributed by atoms with Crippen LogP contribution in [0.25, 0.3) is 0 Å². The largest absolute Gasteiger partial charge is 0.463 e. The molecular weight excluding hydrogens is 586 g/mol. The second-order valence-corrected chi connectivity index (χ2v) is 12.0. The fraction of sp³-hybridized carbons (Fsp3) is 0.394. The average Bonchev–Trinajstić information content (AvgIpc) is 3.68. The Kier molecular flexibility index (Phi) is 8.32. The molecule has 2 saturated heterocycles. The van der Waals surface area contributed by atoms with Gasteiger partial charge in [0.15, 0.2) is 0 Å². The van der Waals surface area contributed by atoms with Gasteiger partial charge in [-0.05, 0) is 43.2 Å². The third-order valence-corrected chi connectivity index (χ3v) is 9.14. The number of amides is 3. The lowest BCUT2D eigenvalue weighted by molar-refractivity contribution is -0.146. The van der Waals surface area contributed by atoms with Gasteiger partial charge in [0.1, 0.15) is 18.2 Å². The summed E-state index contributed by atoms with van der Waals surface area (Å²) in [5.74, 6) is -3.68. The number of fused-ring (bicyclic) bond motifs is 2. The van der Waals surface area contributed by atoms with E-state index >= 15 is 0 Å². The Balaban J connectivity index is 1.44. The molecule has 0 saturated carbocycles. The summed E-state index contributed by atoms with van der Waals surface area (Å²) in [5.41, 5.74) is -0.135. The third-order valence-electron chi connectivity index (χ3n) is 8.89. The number of anilines is 1. The van der Waals surface area contributed by atoms with Crippen LogP contribution in [0.1, 0.15) is 31.4 Å². The SMILES string of the molecule is C[C@H](CO)N1C(=O)[C@H]2[C@@H]3C(=O)N[C@H](c4ccccc4)COC(=O)CC/C=C\CN(c4ccc(Cl)cc4)C(=O)[C@H]1[C@@]21C=C[C@@H]3O1. The molecule has 6 rings (SSSR count). The first-order valence-electron chi connectivity index (χ1n) is 14.8. The van der Waals surface area contributed by atoms with E-state index in [1.165, 1.54) is 9.80 Å². The molecule has 0 unspecified atom stereocenters. The topological polar surface area (TPSA) is 125 Å². The first-order chi connectivity index (χ1) is 21.2. The van der Waals surface area contributed by atoms with Crippen LogP contribution < -0.4 is 10.2 Å². The van der Waals surface area contributed by atoms with Crippen molar-refractivity contribution in [2.45, 2.75) is 49.6 Å². The molecule has 1 spiro atoms. The first kappa shape index (κ1) is 30.1. The van der Waals surface area contributed by atoms with Crippen LogP contribution in [0.3, 0.4) is 0 Å². The van der Waals surface area contributed by atoms with Crippen LogP contribution in [0, 0.1) is 11.8 Å². The maximum absolute atomic E-state index is 14.6. The third kappa shape index (κ3) is 5.21. The molecular formula is C33H34ClN3O7. The average molecular weight is 620 g/mol. The standard InChI is InChI=1S/C33H34ClN3O7/c1-20(18-38)37-29-32(42)36(23-13-11-22(34)12-14-23)17-7-3-6-10-26(39)43-19-24(21-8-4-2-5-9-21)35-30(40)27-25-15-16-33(29,44-25)28(27)31(37)41/h2-5,7-9,11-16,20,24-25,27-29,38H,6,10,17-19H2,1H3,(H,35,40)/b7-3-/t20-,24+,25+,27-,28-,29+,33-/m1/s1. The summed E-state index contributed by atoms with van der Waals surface area (Å²) in [5, 5.41) is 13.7. The Labute approximate surface area is 260 Å². The summed E-state index contributed by atoms with van der Waals surface area (Å²) in [7, 11) is 0. The van der Waals surface area contributed by atoms with E-state index in [2.05, 4.69) is 5.32 Å². The summed E-state index contributed by atoms with van der Waals surface area (Å²) < 4.78 is 12.0. The van der Waals surface area contributed by atoms with Gasteiger partial charge < -0.3 is 29.7 Å². The van der Waals surface area contributed by atoms with E-state index in [0.29, 0.717) is 17.1 Å². The molecule has 10 nitrogen and oxygen atoms in total. The smallest absolute Gasteiger partial charge is 0.306 e. The normalized spacial score (nSPS) is 31.9. The van der Waals surface area contributed by atoms with Gasteiger partial charge in [0.2, 0.25) is 11.8 Å². The lowest BCUT2D eigenvalue weighted by atomic mass is 9.74. The first-order valence-corrected chi connectivity index (χ1v) is 15.2. The Bertz CT molecular complexity index is 1500. The Morgan fingerprint density at radius 1 is 1.05 bits per heavy atom. The van der Waals surface area contributed by atoms with Crippen LogP contribution in [0.4, 0.5) is 5.69 Å². The maximum Gasteiger partial charge on any atom is 0.306 e. The van der Waals surface area contributed by atoms with Crippen molar-refractivity contribution >= 4 is 41.0 Å². The number of nitrogens with zero attached hydrogens (tertiary/aromatic N) is 2. The molecule has 0 aromatic heterocycles. The summed E-state index contributed by atoms with van der Waals surface area (Å²) >= 11 is 6.14. The van der Waals surface area contributed by atoms with E-state index in [4.69, 9.17) is 21.1 Å². The molecule has 4 aliphatic rings. The van der Waals surface area contributed by atoms with E-state index in [0.717, 1.165) is 5.56 Å². The van der Waals surface area contributed by atoms with Gasteiger partial charge in [-0.3, -0.25) is 19.2 Å². The second-order valence-electron chi connectivity index (χ2n) is 11.6. The number of halogens is 1. The fourth-order valence-electron chi connectivity index (χ4n) is 6.76. The van der Waals surface area contributed by atoms with Gasteiger partial charge in [-0.15, -0.1) is 0 Å². The zero-order valence-corrected chi connectivity index (χ0v) is 24.9. The van der Waals surface area contributed by atoms with Gasteiger partial charge in [-0.25, -0.2) is 0 Å². The highest BCUT2D eigenvalue weighted by atomic mass is 35.5. The molecule has 7 atom stereocenters. The number of hydrogen-bond donors (Lipinski definition) is 2. The Morgan fingerprint density at radius 3 is 2.52 bits per heavy atom. The number of likely N-dealkylation sites (tertiary alicyclic amines) is 1. The number of allylic oxidation sites excluding steroid dienone is 1. The summed E-state index contributed by atoms with van der Waals surface area (Å²) in [6, 6.07) is 13.4. The number of cyclic esters (lactones) is 1. The van der Waals surface area contributed by atoms with Crippen molar-refractivity contribution in [3.05, 3.63) is 89.5 Å². The molecule has 44 heavy (non-hydrogen) atoms. The van der Waals surface area contributed by atoms with E-state index in [1.807, 2.05) is 30.3 Å². The van der Waals surface area contributed by atoms with Gasteiger partial charge in [0.25, 0.3) is 5.91 Å². The van der Waals surface area contributed by atoms with Crippen molar-refractivity contribution in [3.63, 3.8) is 0 Å². The number of esters is 1. The van der Waals surface area contributed by atoms with Crippen molar-refractivity contribution < 1.29 is 33.8 Å². The molecule has 2 aromatic rings. The molecule has 3 amide bonds. The second kappa shape index (κ2) is 12.2. The number of aliphatic hydroxyl groups is 1. The molecule has 4 heterocycles. The Hall–Kier alpha value is -3.99. The Morgan fingerprint density at radius 2 is 1.80 bits per heavy atom. The zero-order valence-electron chi connectivity index (χ0n) is 24.2. The van der Waals surface area contributed by atoms with Crippen LogP contribution in [0.5, 0.6) is 0 Å². The number of nitrogens with one attached hydrogen (secondary N) is 1. The highest BCUT2D eigenvalue weighted by molar-refractivity contribution is 6.30. The molecule has 4 aliphatic heterocycles. The van der Waals surface area contributed by atoms with Crippen molar-refractivity contribution in [3.8, 4) is 0 Å². The van der Waals surface area contributed by atoms with E-state index < -0.39 is 65.4 Å². The van der Waals surface area contributed by atoms with Crippen molar-refractivity contribution in [1.29, 1.82) is 0 Å². The minimum absolute atomic E-state index is 0.0880. The van der Waals surface area contributed by atoms with E-state index in [1.54, 1.807) is 55.5 Å². The van der Waals surface area contributed by atoms with Crippen molar-refractivity contribution in [1.82, 2.24) is 10.2 Å². The zero-order chi connectivity index (χ0) is 31.0. The predicted octanol–water partition coefficient (Wildman–Crippen LogP) is 2.96. The van der Waals surface area contributed by atoms with Gasteiger partial charge in [0.05, 0.1) is 36.6 Å². The summed E-state index contributed by atoms with van der Waals surface area (Å²) in [6.45, 7) is 1.33. The van der Waals surface area contributed by atoms with Gasteiger partial charge in [-0.2, -0.15) is 0 Å². The van der Waals surface area contributed by atoms with Gasteiger partial charge >= 0.3 is 5.97 Å². The number of carbonyl (C=O) groups is 4. The van der Waals surface area contributed by atoms with Gasteiger partial charge in [-0.1, -0.05) is 66.2 Å². The lowest BCUT2D eigenvalue weighted by Gasteiger charge is -2.37. The van der Waals surface area contributed by atoms with E-state index in [9.17, 15) is 24.3 Å². The highest BCUT2D eigenvalue weighted by Gasteiger charge is 2.73. The summed E-state index contributed by atoms with van der Waals surface area (Å²) in [4.78, 5) is 58.5. The molecule has 5 bridgehead atoms. The number of rotatable bonds is 4. The van der Waals surface area contributed by atoms with Gasteiger partial charge in [0, 0.05) is 23.7 Å². The maximum atomic E-state index is 14.6. The summed E-state index contributed by atoms with van der Waals surface area (Å²) in [6.07, 6.45) is 6.81. The van der Waals surface area contributed by atoms with Crippen LogP contribution in [-0.4, -0.2) is 77.2 Å². The van der Waals surface area contributed by atoms with Crippen molar-refractivity contribution in [2.75, 3.05) is 24.7 Å². The van der Waals surface area contributed by atoms with Crippen LogP contribution >= 0.6 is 11.6 Å². The number of carbonyl (C=O) groups excluding carboxylic acids is 4. The minimum atomic E-state index is -1.42. The predicted molar refractivity (Wildman–Crippen MR) is 161 cm³/mol. The fourth-order valence-corrected chi connectivity index (χ4v) is 6.89. The molecule has 2 fully saturated rings. The molecule has 230 valence electrons. The quantitative estimate of drug-likeness (QED) is 0.398. The number of aliphatic hydroxyl groups excluding tert-OH is 1. The van der Waals surface area contributed by atoms with Crippen molar-refractivity contribution in [2.24, 2.45) is 11.8 Å². The number of benzene rings is 2. The monoisotopic (exact) mass is 619 g/mol. The van der Waals surface area contributed by atoms with E-state index in [-0.39, 0.29) is 26.2 Å². The van der Waals surface area contributed by atoms with Crippen LogP contribution in [0.15, 0.2) is 78.9 Å².